The smallest absolute Gasteiger partial charge is 0.333 e. The summed E-state index contributed by atoms with van der Waals surface area (Å²) in [4.78, 5) is 7.47. The Morgan fingerprint density at radius 3 is 1.65 bits per heavy atom. The second-order valence-electron chi connectivity index (χ2n) is 21.7. The lowest BCUT2D eigenvalue weighted by Gasteiger charge is -2.45. The van der Waals surface area contributed by atoms with Gasteiger partial charge >= 0.3 is 6.85 Å². The van der Waals surface area contributed by atoms with Gasteiger partial charge in [-0.05, 0) is 161 Å². The number of aryl methyl sites for hydroxylation is 2. The van der Waals surface area contributed by atoms with Gasteiger partial charge in [0.2, 0.25) is 0 Å². The molecule has 11 aromatic carbocycles. The van der Waals surface area contributed by atoms with Gasteiger partial charge in [0.15, 0.2) is 0 Å². The fourth-order valence-electron chi connectivity index (χ4n) is 12.8. The molecule has 0 bridgehead atoms. The Morgan fingerprint density at radius 1 is 0.400 bits per heavy atom. The standard InChI is InChI=1S/C74H58BN3O2/c1-3-5-18-49-28-35-55(36-29-49)76(56-37-30-50(31-38-56)19-6-4-2)59-41-43-70-61(45-59)62-46-64-67(48-71(62)79-70)78(58-24-14-9-15-25-58)75-65-44-54(52-22-12-8-13-23-52)34-42-66(65)77(57-39-32-53(33-40-57)51-20-10-7-11-21-51)68-47-63-60-26-16-17-27-69(60)80-74(63)72(64)73(68)75/h7-17,20-48H,3-6,18-19H2,1-2H3. The average Bonchev–Trinajstić information content (AvgIpc) is 3.52. The summed E-state index contributed by atoms with van der Waals surface area (Å²) in [6.07, 6.45) is 6.86. The van der Waals surface area contributed by atoms with Crippen molar-refractivity contribution in [1.29, 1.82) is 0 Å². The summed E-state index contributed by atoms with van der Waals surface area (Å²) in [5, 5.41) is 4.28. The second kappa shape index (κ2) is 19.7. The van der Waals surface area contributed by atoms with E-state index in [4.69, 9.17) is 8.83 Å². The molecule has 384 valence electrons. The van der Waals surface area contributed by atoms with Crippen LogP contribution in [0.15, 0.2) is 251 Å². The molecule has 0 unspecified atom stereocenters. The van der Waals surface area contributed by atoms with E-state index < -0.39 is 0 Å². The van der Waals surface area contributed by atoms with Gasteiger partial charge in [0.05, 0.1) is 0 Å². The van der Waals surface area contributed by atoms with Gasteiger partial charge < -0.3 is 23.4 Å². The molecule has 13 aromatic rings. The third kappa shape index (κ3) is 8.00. The van der Waals surface area contributed by atoms with Gasteiger partial charge in [-0.3, -0.25) is 0 Å². The van der Waals surface area contributed by atoms with Crippen LogP contribution < -0.4 is 25.5 Å². The van der Waals surface area contributed by atoms with E-state index in [-0.39, 0.29) is 6.85 Å². The van der Waals surface area contributed by atoms with Crippen molar-refractivity contribution < 1.29 is 8.83 Å². The monoisotopic (exact) mass is 1030 g/mol. The van der Waals surface area contributed by atoms with Gasteiger partial charge in [-0.1, -0.05) is 172 Å². The second-order valence-corrected chi connectivity index (χ2v) is 21.7. The largest absolute Gasteiger partial charge is 0.456 e. The highest BCUT2D eigenvalue weighted by Crippen LogP contribution is 2.53. The lowest BCUT2D eigenvalue weighted by molar-refractivity contribution is 0.668. The number of fused-ring (bicyclic) bond motifs is 11. The number of nitrogens with zero attached hydrogens (tertiary/aromatic N) is 3. The number of hydrogen-bond acceptors (Lipinski definition) is 5. The van der Waals surface area contributed by atoms with Gasteiger partial charge in [0.25, 0.3) is 0 Å². The Balaban J connectivity index is 0.991. The quantitative estimate of drug-likeness (QED) is 0.108. The Labute approximate surface area is 467 Å². The summed E-state index contributed by atoms with van der Waals surface area (Å²) >= 11 is 0. The van der Waals surface area contributed by atoms with Crippen LogP contribution in [-0.4, -0.2) is 6.85 Å². The number of furan rings is 2. The van der Waals surface area contributed by atoms with Crippen molar-refractivity contribution in [3.8, 4) is 33.4 Å². The first-order chi connectivity index (χ1) is 39.6. The van der Waals surface area contributed by atoms with Crippen molar-refractivity contribution in [2.75, 3.05) is 14.6 Å². The molecule has 0 amide bonds. The molecule has 5 nitrogen and oxygen atoms in total. The highest BCUT2D eigenvalue weighted by atomic mass is 16.3. The Hall–Kier alpha value is -9.52. The Kier molecular flexibility index (Phi) is 11.8. The number of unbranched alkanes of at least 4 members (excludes halogenated alkanes) is 2. The lowest BCUT2D eigenvalue weighted by Crippen LogP contribution is -2.61. The molecule has 0 N–H and O–H groups in total. The van der Waals surface area contributed by atoms with Crippen molar-refractivity contribution in [1.82, 2.24) is 0 Å². The van der Waals surface area contributed by atoms with Crippen LogP contribution in [0, 0.1) is 0 Å². The Bertz CT molecular complexity index is 4380. The molecule has 0 atom stereocenters. The van der Waals surface area contributed by atoms with Gasteiger partial charge in [-0.15, -0.1) is 0 Å². The molecular weight excluding hydrogens is 974 g/mol. The minimum Gasteiger partial charge on any atom is -0.456 e. The molecule has 0 saturated heterocycles. The van der Waals surface area contributed by atoms with Crippen LogP contribution in [0.2, 0.25) is 0 Å². The average molecular weight is 1030 g/mol. The van der Waals surface area contributed by atoms with Crippen molar-refractivity contribution >= 4 is 107 Å². The molecule has 6 heteroatoms. The van der Waals surface area contributed by atoms with E-state index in [2.05, 4.69) is 271 Å². The lowest BCUT2D eigenvalue weighted by atomic mass is 9.43. The van der Waals surface area contributed by atoms with Crippen molar-refractivity contribution in [3.63, 3.8) is 0 Å². The van der Waals surface area contributed by atoms with Crippen LogP contribution in [0.25, 0.3) is 77.3 Å². The predicted octanol–water partition coefficient (Wildman–Crippen LogP) is 19.7. The van der Waals surface area contributed by atoms with E-state index in [1.807, 2.05) is 0 Å². The van der Waals surface area contributed by atoms with Crippen LogP contribution in [0.1, 0.15) is 50.7 Å². The number of rotatable bonds is 13. The maximum atomic E-state index is 7.23. The minimum atomic E-state index is -0.255. The normalized spacial score (nSPS) is 12.6. The topological polar surface area (TPSA) is 36.0 Å². The summed E-state index contributed by atoms with van der Waals surface area (Å²) in [7, 11) is 0. The highest BCUT2D eigenvalue weighted by molar-refractivity contribution is 6.94. The zero-order chi connectivity index (χ0) is 53.3. The van der Waals surface area contributed by atoms with Crippen molar-refractivity contribution in [2.45, 2.75) is 52.4 Å². The van der Waals surface area contributed by atoms with E-state index in [0.717, 1.165) is 119 Å². The zero-order valence-electron chi connectivity index (χ0n) is 45.1. The summed E-state index contributed by atoms with van der Waals surface area (Å²) in [6, 6.07) is 89.2. The first-order valence-electron chi connectivity index (χ1n) is 28.5. The molecule has 0 aliphatic carbocycles. The van der Waals surface area contributed by atoms with E-state index in [1.54, 1.807) is 0 Å². The molecule has 2 aliphatic heterocycles. The molecule has 0 spiro atoms. The highest BCUT2D eigenvalue weighted by Gasteiger charge is 2.47. The predicted molar refractivity (Wildman–Crippen MR) is 337 cm³/mol. The number of anilines is 8. The third-order valence-corrected chi connectivity index (χ3v) is 16.8. The van der Waals surface area contributed by atoms with Crippen LogP contribution >= 0.6 is 0 Å². The van der Waals surface area contributed by atoms with Gasteiger partial charge in [-0.25, -0.2) is 0 Å². The van der Waals surface area contributed by atoms with Gasteiger partial charge in [0, 0.05) is 84.2 Å². The molecular formula is C74H58BN3O2. The van der Waals surface area contributed by atoms with E-state index in [9.17, 15) is 0 Å². The maximum absolute atomic E-state index is 7.23. The molecule has 15 rings (SSSR count). The molecule has 0 fully saturated rings. The number of benzene rings is 11. The molecule has 2 aliphatic rings. The zero-order valence-corrected chi connectivity index (χ0v) is 45.1. The fourth-order valence-corrected chi connectivity index (χ4v) is 12.8. The van der Waals surface area contributed by atoms with E-state index >= 15 is 0 Å². The number of hydrogen-bond donors (Lipinski definition) is 0. The minimum absolute atomic E-state index is 0.255. The van der Waals surface area contributed by atoms with E-state index in [0.29, 0.717) is 0 Å². The summed E-state index contributed by atoms with van der Waals surface area (Å²) in [6.45, 7) is 4.27. The van der Waals surface area contributed by atoms with Gasteiger partial charge in [-0.2, -0.15) is 0 Å². The first kappa shape index (κ1) is 47.7. The third-order valence-electron chi connectivity index (χ3n) is 16.8. The van der Waals surface area contributed by atoms with Crippen LogP contribution in [-0.2, 0) is 12.8 Å². The molecule has 0 radical (unpaired) electrons. The summed E-state index contributed by atoms with van der Waals surface area (Å²) in [5.74, 6) is 0. The van der Waals surface area contributed by atoms with Crippen molar-refractivity contribution in [2.24, 2.45) is 0 Å². The first-order valence-corrected chi connectivity index (χ1v) is 28.5. The van der Waals surface area contributed by atoms with E-state index in [1.165, 1.54) is 64.4 Å². The van der Waals surface area contributed by atoms with Crippen LogP contribution in [0.3, 0.4) is 0 Å². The number of para-hydroxylation sites is 2. The van der Waals surface area contributed by atoms with Crippen LogP contribution in [0.5, 0.6) is 0 Å². The molecule has 0 saturated carbocycles. The summed E-state index contributed by atoms with van der Waals surface area (Å²) in [5.41, 5.74) is 24.2. The molecule has 80 heavy (non-hydrogen) atoms. The fraction of sp³-hybridized carbons (Fsp3) is 0.108. The van der Waals surface area contributed by atoms with Crippen molar-refractivity contribution in [3.05, 3.63) is 254 Å². The summed E-state index contributed by atoms with van der Waals surface area (Å²) < 4.78 is 14.3. The molecule has 2 aromatic heterocycles. The van der Waals surface area contributed by atoms with Gasteiger partial charge in [0.1, 0.15) is 22.3 Å². The molecule has 4 heterocycles. The van der Waals surface area contributed by atoms with Crippen LogP contribution in [0.4, 0.5) is 45.5 Å². The maximum Gasteiger partial charge on any atom is 0.333 e. The Morgan fingerprint density at radius 2 is 0.975 bits per heavy atom. The SMILES string of the molecule is CCCCc1ccc(N(c2ccc(CCCC)cc2)c2ccc3oc4cc5c(cc4c3c2)-c2c3c(cc4c2oc2ccccc24)N(c2ccc(-c4ccccc4)cc2)c2ccc(-c4ccccc4)cc2B3N5c2ccccc2)cc1.